The molecule has 8 nitrogen and oxygen atoms in total. The standard InChI is InChI=1S/C17H17N5O3S/c1-21-14-8-7-11(9-15(14)22(2)17(21)23)26(24,25)18-10-16-19-12-5-3-4-6-13(12)20-16/h3-9,18H,10H2,1-2H3,(H,19,20). The molecule has 0 spiro atoms. The molecule has 0 aliphatic rings. The van der Waals surface area contributed by atoms with Crippen LogP contribution in [0.1, 0.15) is 5.82 Å². The minimum Gasteiger partial charge on any atom is -0.341 e. The number of aromatic amines is 1. The number of hydrogen-bond acceptors (Lipinski definition) is 4. The summed E-state index contributed by atoms with van der Waals surface area (Å²) in [5.41, 5.74) is 2.66. The zero-order chi connectivity index (χ0) is 18.5. The summed E-state index contributed by atoms with van der Waals surface area (Å²) in [5, 5.41) is 0. The van der Waals surface area contributed by atoms with Crippen molar-refractivity contribution >= 4 is 32.1 Å². The molecule has 134 valence electrons. The van der Waals surface area contributed by atoms with Crippen LogP contribution in [0.3, 0.4) is 0 Å². The largest absolute Gasteiger partial charge is 0.341 e. The fourth-order valence-corrected chi connectivity index (χ4v) is 4.00. The van der Waals surface area contributed by atoms with E-state index in [1.165, 1.54) is 21.3 Å². The highest BCUT2D eigenvalue weighted by atomic mass is 32.2. The highest BCUT2D eigenvalue weighted by Gasteiger charge is 2.17. The molecule has 0 aliphatic heterocycles. The van der Waals surface area contributed by atoms with E-state index >= 15 is 0 Å². The third-order valence-electron chi connectivity index (χ3n) is 4.42. The van der Waals surface area contributed by atoms with Gasteiger partial charge in [0, 0.05) is 14.1 Å². The third kappa shape index (κ3) is 2.61. The predicted octanol–water partition coefficient (Wildman–Crippen LogP) is 1.23. The highest BCUT2D eigenvalue weighted by molar-refractivity contribution is 7.89. The molecule has 0 fully saturated rings. The summed E-state index contributed by atoms with van der Waals surface area (Å²) < 4.78 is 30.7. The number of H-pyrrole nitrogens is 1. The summed E-state index contributed by atoms with van der Waals surface area (Å²) in [7, 11) is -0.477. The van der Waals surface area contributed by atoms with Crippen LogP contribution in [0.2, 0.25) is 0 Å². The van der Waals surface area contributed by atoms with Crippen molar-refractivity contribution in [3.05, 3.63) is 58.8 Å². The maximum Gasteiger partial charge on any atom is 0.328 e. The number of hydrogen-bond donors (Lipinski definition) is 2. The monoisotopic (exact) mass is 371 g/mol. The Balaban J connectivity index is 1.64. The summed E-state index contributed by atoms with van der Waals surface area (Å²) in [5.74, 6) is 0.531. The van der Waals surface area contributed by atoms with Crippen molar-refractivity contribution in [3.8, 4) is 0 Å². The van der Waals surface area contributed by atoms with Crippen molar-refractivity contribution in [1.29, 1.82) is 0 Å². The van der Waals surface area contributed by atoms with E-state index in [1.54, 1.807) is 20.2 Å². The Labute approximate surface area is 149 Å². The number of nitrogens with zero attached hydrogens (tertiary/aromatic N) is 3. The summed E-state index contributed by atoms with van der Waals surface area (Å²) in [6.07, 6.45) is 0. The maximum absolute atomic E-state index is 12.6. The van der Waals surface area contributed by atoms with Crippen molar-refractivity contribution in [3.63, 3.8) is 0 Å². The van der Waals surface area contributed by atoms with Gasteiger partial charge < -0.3 is 4.98 Å². The van der Waals surface area contributed by atoms with E-state index in [0.29, 0.717) is 16.9 Å². The molecule has 0 unspecified atom stereocenters. The Morgan fingerprint density at radius 2 is 1.81 bits per heavy atom. The van der Waals surface area contributed by atoms with E-state index in [9.17, 15) is 13.2 Å². The second kappa shape index (κ2) is 5.82. The average Bonchev–Trinajstić information content (AvgIpc) is 3.15. The number of aromatic nitrogens is 4. The SMILES string of the molecule is Cn1c(=O)n(C)c2cc(S(=O)(=O)NCc3nc4ccccc4[nH]3)ccc21. The van der Waals surface area contributed by atoms with E-state index in [0.717, 1.165) is 11.0 Å². The third-order valence-corrected chi connectivity index (χ3v) is 5.82. The molecule has 4 aromatic rings. The van der Waals surface area contributed by atoms with Gasteiger partial charge >= 0.3 is 5.69 Å². The van der Waals surface area contributed by atoms with Gasteiger partial charge in [-0.15, -0.1) is 0 Å². The van der Waals surface area contributed by atoms with Gasteiger partial charge in [-0.1, -0.05) is 12.1 Å². The number of nitrogens with one attached hydrogen (secondary N) is 2. The number of imidazole rings is 2. The summed E-state index contributed by atoms with van der Waals surface area (Å²) >= 11 is 0. The van der Waals surface area contributed by atoms with E-state index in [-0.39, 0.29) is 17.1 Å². The second-order valence-corrected chi connectivity index (χ2v) is 7.84. The Morgan fingerprint density at radius 3 is 2.58 bits per heavy atom. The normalized spacial score (nSPS) is 12.2. The molecule has 0 bridgehead atoms. The molecule has 4 rings (SSSR count). The first kappa shape index (κ1) is 16.6. The van der Waals surface area contributed by atoms with E-state index < -0.39 is 10.0 Å². The first-order valence-corrected chi connectivity index (χ1v) is 9.44. The predicted molar refractivity (Wildman–Crippen MR) is 98.3 cm³/mol. The van der Waals surface area contributed by atoms with Gasteiger partial charge in [0.25, 0.3) is 0 Å². The fraction of sp³-hybridized carbons (Fsp3) is 0.176. The number of aryl methyl sites for hydroxylation is 2. The Hall–Kier alpha value is -2.91. The highest BCUT2D eigenvalue weighted by Crippen LogP contribution is 2.18. The van der Waals surface area contributed by atoms with E-state index in [4.69, 9.17) is 0 Å². The van der Waals surface area contributed by atoms with Crippen LogP contribution in [0, 0.1) is 0 Å². The van der Waals surface area contributed by atoms with Crippen LogP contribution in [0.15, 0.2) is 52.2 Å². The lowest BCUT2D eigenvalue weighted by Crippen LogP contribution is -2.23. The van der Waals surface area contributed by atoms with Crippen molar-refractivity contribution in [2.45, 2.75) is 11.4 Å². The molecule has 2 heterocycles. The molecular weight excluding hydrogens is 354 g/mol. The first-order chi connectivity index (χ1) is 12.4. The molecular formula is C17H17N5O3S. The Bertz CT molecular complexity index is 1260. The Morgan fingerprint density at radius 1 is 1.08 bits per heavy atom. The minimum atomic E-state index is -3.74. The van der Waals surface area contributed by atoms with Crippen LogP contribution >= 0.6 is 0 Å². The lowest BCUT2D eigenvalue weighted by Gasteiger charge is -2.06. The molecule has 0 atom stereocenters. The van der Waals surface area contributed by atoms with E-state index in [2.05, 4.69) is 14.7 Å². The number of benzene rings is 2. The average molecular weight is 371 g/mol. The van der Waals surface area contributed by atoms with Gasteiger partial charge in [0.2, 0.25) is 10.0 Å². The lowest BCUT2D eigenvalue weighted by atomic mass is 10.3. The molecule has 2 aromatic carbocycles. The first-order valence-electron chi connectivity index (χ1n) is 7.95. The van der Waals surface area contributed by atoms with Crippen LogP contribution in [0.4, 0.5) is 0 Å². The smallest absolute Gasteiger partial charge is 0.328 e. The fourth-order valence-electron chi connectivity index (χ4n) is 2.99. The lowest BCUT2D eigenvalue weighted by molar-refractivity contribution is 0.580. The number of fused-ring (bicyclic) bond motifs is 2. The van der Waals surface area contributed by atoms with Crippen LogP contribution in [-0.2, 0) is 30.7 Å². The van der Waals surface area contributed by atoms with Gasteiger partial charge in [0.05, 0.1) is 33.5 Å². The molecule has 2 aromatic heterocycles. The molecule has 0 saturated heterocycles. The quantitative estimate of drug-likeness (QED) is 0.563. The van der Waals surface area contributed by atoms with Crippen molar-refractivity contribution in [2.24, 2.45) is 14.1 Å². The van der Waals surface area contributed by atoms with Crippen LogP contribution < -0.4 is 10.4 Å². The molecule has 0 amide bonds. The van der Waals surface area contributed by atoms with Gasteiger partial charge in [0.15, 0.2) is 0 Å². The topological polar surface area (TPSA) is 102 Å². The summed E-state index contributed by atoms with van der Waals surface area (Å²) in [6.45, 7) is 0.0444. The van der Waals surface area contributed by atoms with Gasteiger partial charge in [-0.25, -0.2) is 22.9 Å². The maximum atomic E-state index is 12.6. The van der Waals surface area contributed by atoms with Gasteiger partial charge in [-0.3, -0.25) is 9.13 Å². The number of sulfonamides is 1. The van der Waals surface area contributed by atoms with Crippen LogP contribution in [-0.4, -0.2) is 27.5 Å². The van der Waals surface area contributed by atoms with Gasteiger partial charge in [-0.2, -0.15) is 0 Å². The molecule has 0 radical (unpaired) electrons. The number of para-hydroxylation sites is 2. The second-order valence-electron chi connectivity index (χ2n) is 6.08. The van der Waals surface area contributed by atoms with Crippen LogP contribution in [0.5, 0.6) is 0 Å². The molecule has 2 N–H and O–H groups in total. The minimum absolute atomic E-state index is 0.0444. The van der Waals surface area contributed by atoms with Crippen molar-refractivity contribution < 1.29 is 8.42 Å². The van der Waals surface area contributed by atoms with Gasteiger partial charge in [-0.05, 0) is 30.3 Å². The zero-order valence-electron chi connectivity index (χ0n) is 14.2. The molecule has 0 aliphatic carbocycles. The van der Waals surface area contributed by atoms with E-state index in [1.807, 2.05) is 24.3 Å². The van der Waals surface area contributed by atoms with Crippen molar-refractivity contribution in [2.75, 3.05) is 0 Å². The summed E-state index contributed by atoms with van der Waals surface area (Å²) in [6, 6.07) is 12.1. The van der Waals surface area contributed by atoms with Crippen LogP contribution in [0.25, 0.3) is 22.1 Å². The molecule has 26 heavy (non-hydrogen) atoms. The molecule has 0 saturated carbocycles. The zero-order valence-corrected chi connectivity index (χ0v) is 15.0. The number of rotatable bonds is 4. The molecule has 9 heteroatoms. The Kier molecular flexibility index (Phi) is 3.70. The van der Waals surface area contributed by atoms with Gasteiger partial charge in [0.1, 0.15) is 5.82 Å². The van der Waals surface area contributed by atoms with Crippen molar-refractivity contribution in [1.82, 2.24) is 23.8 Å². The summed E-state index contributed by atoms with van der Waals surface area (Å²) in [4.78, 5) is 19.5.